The number of hydrazone groups is 1. The average molecular weight is 344 g/mol. The number of hydrogen-bond donors (Lipinski definition) is 1. The van der Waals surface area contributed by atoms with E-state index in [1.165, 1.54) is 11.3 Å². The predicted molar refractivity (Wildman–Crippen MR) is 96.8 cm³/mol. The van der Waals surface area contributed by atoms with Crippen LogP contribution in [0.15, 0.2) is 59.0 Å². The van der Waals surface area contributed by atoms with E-state index in [9.17, 15) is 0 Å². The molecular formula is C17H14ClN3OS. The Morgan fingerprint density at radius 1 is 1.17 bits per heavy atom. The van der Waals surface area contributed by atoms with Gasteiger partial charge in [-0.15, -0.1) is 11.3 Å². The van der Waals surface area contributed by atoms with Crippen molar-refractivity contribution in [1.82, 2.24) is 4.98 Å². The van der Waals surface area contributed by atoms with Gasteiger partial charge in [-0.1, -0.05) is 35.9 Å². The molecule has 0 bridgehead atoms. The molecule has 1 aromatic heterocycles. The second-order valence-corrected chi connectivity index (χ2v) is 5.95. The molecule has 0 fully saturated rings. The van der Waals surface area contributed by atoms with Crippen LogP contribution in [0.25, 0.3) is 11.3 Å². The molecule has 0 radical (unpaired) electrons. The number of nitrogens with one attached hydrogen (secondary N) is 1. The number of hydrogen-bond acceptors (Lipinski definition) is 5. The molecule has 4 nitrogen and oxygen atoms in total. The van der Waals surface area contributed by atoms with Crippen molar-refractivity contribution in [3.8, 4) is 17.0 Å². The first-order chi connectivity index (χ1) is 11.3. The monoisotopic (exact) mass is 343 g/mol. The number of ether oxygens (including phenoxy) is 1. The molecule has 0 aliphatic heterocycles. The minimum atomic E-state index is 0.712. The zero-order chi connectivity index (χ0) is 16.1. The summed E-state index contributed by atoms with van der Waals surface area (Å²) in [5.41, 5.74) is 5.75. The lowest BCUT2D eigenvalue weighted by atomic mass is 10.2. The zero-order valence-electron chi connectivity index (χ0n) is 12.4. The molecule has 3 aromatic rings. The number of benzene rings is 2. The van der Waals surface area contributed by atoms with Crippen LogP contribution in [-0.4, -0.2) is 18.3 Å². The summed E-state index contributed by atoms with van der Waals surface area (Å²) in [6, 6.07) is 15.3. The van der Waals surface area contributed by atoms with E-state index >= 15 is 0 Å². The number of anilines is 1. The van der Waals surface area contributed by atoms with Crippen molar-refractivity contribution >= 4 is 34.3 Å². The first-order valence-corrected chi connectivity index (χ1v) is 8.15. The second-order valence-electron chi connectivity index (χ2n) is 4.66. The molecule has 0 aliphatic carbocycles. The summed E-state index contributed by atoms with van der Waals surface area (Å²) in [5.74, 6) is 0.777. The summed E-state index contributed by atoms with van der Waals surface area (Å²) in [6.07, 6.45) is 1.71. The normalized spacial score (nSPS) is 10.9. The number of halogens is 1. The van der Waals surface area contributed by atoms with Crippen LogP contribution >= 0.6 is 22.9 Å². The molecule has 1 heterocycles. The maximum absolute atomic E-state index is 5.90. The number of methoxy groups -OCH3 is 1. The minimum absolute atomic E-state index is 0.712. The van der Waals surface area contributed by atoms with Gasteiger partial charge in [0.2, 0.25) is 5.13 Å². The summed E-state index contributed by atoms with van der Waals surface area (Å²) in [7, 11) is 1.64. The van der Waals surface area contributed by atoms with Gasteiger partial charge in [-0.3, -0.25) is 5.43 Å². The fraction of sp³-hybridized carbons (Fsp3) is 0.0588. The number of para-hydroxylation sites is 1. The van der Waals surface area contributed by atoms with Crippen LogP contribution in [0.3, 0.4) is 0 Å². The second kappa shape index (κ2) is 7.26. The van der Waals surface area contributed by atoms with Crippen molar-refractivity contribution in [1.29, 1.82) is 0 Å². The van der Waals surface area contributed by atoms with Crippen molar-refractivity contribution in [3.05, 3.63) is 64.5 Å². The van der Waals surface area contributed by atoms with E-state index in [1.54, 1.807) is 13.3 Å². The van der Waals surface area contributed by atoms with Crippen LogP contribution in [0.1, 0.15) is 5.56 Å². The van der Waals surface area contributed by atoms with Crippen molar-refractivity contribution in [3.63, 3.8) is 0 Å². The van der Waals surface area contributed by atoms with Gasteiger partial charge in [-0.25, -0.2) is 4.98 Å². The molecule has 0 saturated carbocycles. The van der Waals surface area contributed by atoms with E-state index < -0.39 is 0 Å². The van der Waals surface area contributed by atoms with Gasteiger partial charge in [0, 0.05) is 21.5 Å². The number of thiazole rings is 1. The van der Waals surface area contributed by atoms with Gasteiger partial charge in [0.05, 0.1) is 19.0 Å². The molecule has 3 rings (SSSR count). The highest BCUT2D eigenvalue weighted by atomic mass is 35.5. The number of rotatable bonds is 5. The first-order valence-electron chi connectivity index (χ1n) is 6.90. The first kappa shape index (κ1) is 15.5. The summed E-state index contributed by atoms with van der Waals surface area (Å²) in [5, 5.41) is 7.62. The Morgan fingerprint density at radius 2 is 1.96 bits per heavy atom. The molecule has 0 saturated heterocycles. The van der Waals surface area contributed by atoms with E-state index in [1.807, 2.05) is 53.9 Å². The molecule has 0 aliphatic rings. The third-order valence-electron chi connectivity index (χ3n) is 3.15. The lowest BCUT2D eigenvalue weighted by Crippen LogP contribution is -1.93. The standard InChI is InChI=1S/C17H14ClN3OS/c1-22-16-5-3-2-4-13(16)10-19-21-17-20-15(11-23-17)12-6-8-14(18)9-7-12/h2-11H,1H3,(H,20,21)/b19-10+. The van der Waals surface area contributed by atoms with Gasteiger partial charge in [-0.05, 0) is 24.3 Å². The van der Waals surface area contributed by atoms with Gasteiger partial charge in [-0.2, -0.15) is 5.10 Å². The van der Waals surface area contributed by atoms with Gasteiger partial charge < -0.3 is 4.74 Å². The lowest BCUT2D eigenvalue weighted by Gasteiger charge is -2.02. The Bertz CT molecular complexity index is 815. The summed E-state index contributed by atoms with van der Waals surface area (Å²) < 4.78 is 5.28. The molecule has 1 N–H and O–H groups in total. The highest BCUT2D eigenvalue weighted by molar-refractivity contribution is 7.14. The summed E-state index contributed by atoms with van der Waals surface area (Å²) in [6.45, 7) is 0. The molecule has 6 heteroatoms. The molecule has 0 amide bonds. The van der Waals surface area contributed by atoms with Crippen molar-refractivity contribution in [2.24, 2.45) is 5.10 Å². The molecule has 0 spiro atoms. The van der Waals surface area contributed by atoms with E-state index in [2.05, 4.69) is 15.5 Å². The van der Waals surface area contributed by atoms with Crippen molar-refractivity contribution < 1.29 is 4.74 Å². The van der Waals surface area contributed by atoms with Crippen molar-refractivity contribution in [2.75, 3.05) is 12.5 Å². The quantitative estimate of drug-likeness (QED) is 0.528. The van der Waals surface area contributed by atoms with Crippen LogP contribution < -0.4 is 10.2 Å². The molecule has 116 valence electrons. The molecule has 2 aromatic carbocycles. The highest BCUT2D eigenvalue weighted by Crippen LogP contribution is 2.26. The third-order valence-corrected chi connectivity index (χ3v) is 4.15. The van der Waals surface area contributed by atoms with Crippen LogP contribution in [0.2, 0.25) is 5.02 Å². The van der Waals surface area contributed by atoms with Crippen LogP contribution in [-0.2, 0) is 0 Å². The Morgan fingerprint density at radius 3 is 2.74 bits per heavy atom. The largest absolute Gasteiger partial charge is 0.496 e. The van der Waals surface area contributed by atoms with Crippen molar-refractivity contribution in [2.45, 2.75) is 0 Å². The fourth-order valence-corrected chi connectivity index (χ4v) is 2.80. The molecular weight excluding hydrogens is 330 g/mol. The summed E-state index contributed by atoms with van der Waals surface area (Å²) in [4.78, 5) is 4.50. The maximum atomic E-state index is 5.90. The highest BCUT2D eigenvalue weighted by Gasteiger charge is 2.04. The Balaban J connectivity index is 1.70. The molecule has 0 unspecified atom stereocenters. The fourth-order valence-electron chi connectivity index (χ4n) is 2.01. The molecule has 0 atom stereocenters. The van der Waals surface area contributed by atoms with E-state index in [-0.39, 0.29) is 0 Å². The topological polar surface area (TPSA) is 46.5 Å². The average Bonchev–Trinajstić information content (AvgIpc) is 3.05. The predicted octanol–water partition coefficient (Wildman–Crippen LogP) is 4.92. The zero-order valence-corrected chi connectivity index (χ0v) is 13.9. The van der Waals surface area contributed by atoms with E-state index in [0.717, 1.165) is 27.7 Å². The third kappa shape index (κ3) is 3.88. The van der Waals surface area contributed by atoms with Crippen LogP contribution in [0.4, 0.5) is 5.13 Å². The van der Waals surface area contributed by atoms with E-state index in [4.69, 9.17) is 16.3 Å². The lowest BCUT2D eigenvalue weighted by molar-refractivity contribution is 0.414. The smallest absolute Gasteiger partial charge is 0.203 e. The minimum Gasteiger partial charge on any atom is -0.496 e. The molecule has 23 heavy (non-hydrogen) atoms. The summed E-state index contributed by atoms with van der Waals surface area (Å²) >= 11 is 7.39. The number of aromatic nitrogens is 1. The van der Waals surface area contributed by atoms with Gasteiger partial charge in [0.25, 0.3) is 0 Å². The van der Waals surface area contributed by atoms with Crippen LogP contribution in [0.5, 0.6) is 5.75 Å². The Hall–Kier alpha value is -2.37. The maximum Gasteiger partial charge on any atom is 0.203 e. The van der Waals surface area contributed by atoms with Gasteiger partial charge in [0.1, 0.15) is 5.75 Å². The Kier molecular flexibility index (Phi) is 4.90. The van der Waals surface area contributed by atoms with Crippen LogP contribution in [0, 0.1) is 0 Å². The SMILES string of the molecule is COc1ccccc1/C=N/Nc1nc(-c2ccc(Cl)cc2)cs1. The van der Waals surface area contributed by atoms with Gasteiger partial charge >= 0.3 is 0 Å². The van der Waals surface area contributed by atoms with E-state index in [0.29, 0.717) is 5.02 Å². The Labute approximate surface area is 143 Å². The van der Waals surface area contributed by atoms with Gasteiger partial charge in [0.15, 0.2) is 0 Å². The number of nitrogens with zero attached hydrogens (tertiary/aromatic N) is 2.